The van der Waals surface area contributed by atoms with Gasteiger partial charge in [-0.3, -0.25) is 10.1 Å². The van der Waals surface area contributed by atoms with E-state index in [1.54, 1.807) is 12.1 Å². The van der Waals surface area contributed by atoms with E-state index >= 15 is 0 Å². The van der Waals surface area contributed by atoms with Crippen LogP contribution in [0.2, 0.25) is 0 Å². The number of hydrogen-bond acceptors (Lipinski definition) is 6. The van der Waals surface area contributed by atoms with Crippen molar-refractivity contribution in [2.45, 2.75) is 30.6 Å². The van der Waals surface area contributed by atoms with Crippen LogP contribution >= 0.6 is 0 Å². The fraction of sp³-hybridized carbons (Fsp3) is 0.421. The lowest BCUT2D eigenvalue weighted by Gasteiger charge is -2.19. The first-order valence-corrected chi connectivity index (χ1v) is 10.7. The van der Waals surface area contributed by atoms with Crippen LogP contribution in [-0.4, -0.2) is 57.4 Å². The molecule has 0 aromatic heterocycles. The summed E-state index contributed by atoms with van der Waals surface area (Å²) in [6, 6.07) is 5.49. The molecule has 10 heteroatoms. The van der Waals surface area contributed by atoms with E-state index in [9.17, 15) is 22.8 Å². The van der Waals surface area contributed by atoms with Crippen LogP contribution in [0.5, 0.6) is 0 Å². The van der Waals surface area contributed by atoms with Gasteiger partial charge in [0.15, 0.2) is 6.61 Å². The Hall–Kier alpha value is -2.72. The van der Waals surface area contributed by atoms with Gasteiger partial charge in [0, 0.05) is 26.2 Å². The summed E-state index contributed by atoms with van der Waals surface area (Å²) in [7, 11) is -2.17. The van der Waals surface area contributed by atoms with E-state index in [0.29, 0.717) is 18.7 Å². The van der Waals surface area contributed by atoms with E-state index in [1.807, 2.05) is 5.32 Å². The van der Waals surface area contributed by atoms with Crippen LogP contribution in [-0.2, 0) is 24.3 Å². The highest BCUT2D eigenvalue weighted by molar-refractivity contribution is 7.89. The molecule has 1 fully saturated rings. The Balaban J connectivity index is 1.91. The molecule has 0 radical (unpaired) electrons. The average Bonchev–Trinajstić information content (AvgIpc) is 3.01. The molecule has 0 atom stereocenters. The van der Waals surface area contributed by atoms with Gasteiger partial charge in [-0.15, -0.1) is 0 Å². The Kier molecular flexibility index (Phi) is 8.34. The van der Waals surface area contributed by atoms with Gasteiger partial charge in [0.25, 0.3) is 5.91 Å². The number of sulfonamides is 1. The van der Waals surface area contributed by atoms with Crippen LogP contribution < -0.4 is 10.6 Å². The lowest BCUT2D eigenvalue weighted by Crippen LogP contribution is -2.39. The number of carbonyl (C=O) groups excluding carboxylic acids is 3. The number of esters is 1. The van der Waals surface area contributed by atoms with Crippen LogP contribution in [0.15, 0.2) is 35.2 Å². The summed E-state index contributed by atoms with van der Waals surface area (Å²) in [6.07, 6.45) is 6.37. The Bertz CT molecular complexity index is 856. The lowest BCUT2D eigenvalue weighted by atomic mass is 10.2. The van der Waals surface area contributed by atoms with Gasteiger partial charge in [0.2, 0.25) is 10.0 Å². The van der Waals surface area contributed by atoms with Crippen LogP contribution in [0, 0.1) is 0 Å². The molecule has 0 bridgehead atoms. The summed E-state index contributed by atoms with van der Waals surface area (Å²) in [4.78, 5) is 34.2. The Labute approximate surface area is 170 Å². The number of amides is 3. The standard InChI is InChI=1S/C19H25N3O6S/c1-20-19(25)21-17(23)14-28-18(24)11-8-15-6-9-16(10-7-15)29(26,27)22-12-4-2-3-5-13-22/h6-11H,2-5,12-14H2,1H3,(H2,20,21,23,25)/b11-8+. The van der Waals surface area contributed by atoms with Crippen LogP contribution in [0.25, 0.3) is 6.08 Å². The molecule has 3 amide bonds. The normalized spacial score (nSPS) is 15.5. The zero-order valence-electron chi connectivity index (χ0n) is 16.2. The molecular weight excluding hydrogens is 398 g/mol. The lowest BCUT2D eigenvalue weighted by molar-refractivity contribution is -0.143. The topological polar surface area (TPSA) is 122 Å². The minimum Gasteiger partial charge on any atom is -0.452 e. The third kappa shape index (κ3) is 6.99. The number of ether oxygens (including phenoxy) is 1. The monoisotopic (exact) mass is 423 g/mol. The largest absolute Gasteiger partial charge is 0.452 e. The molecule has 0 spiro atoms. The van der Waals surface area contributed by atoms with Gasteiger partial charge >= 0.3 is 12.0 Å². The maximum atomic E-state index is 12.7. The van der Waals surface area contributed by atoms with Crippen molar-refractivity contribution in [3.05, 3.63) is 35.9 Å². The molecule has 2 rings (SSSR count). The van der Waals surface area contributed by atoms with Gasteiger partial charge in [-0.25, -0.2) is 18.0 Å². The van der Waals surface area contributed by atoms with Gasteiger partial charge < -0.3 is 10.1 Å². The number of nitrogens with one attached hydrogen (secondary N) is 2. The van der Waals surface area contributed by atoms with Gasteiger partial charge in [-0.05, 0) is 36.6 Å². The van der Waals surface area contributed by atoms with E-state index in [-0.39, 0.29) is 4.90 Å². The summed E-state index contributed by atoms with van der Waals surface area (Å²) < 4.78 is 31.7. The van der Waals surface area contributed by atoms with Crippen LogP contribution in [0.3, 0.4) is 0 Å². The maximum Gasteiger partial charge on any atom is 0.331 e. The second-order valence-electron chi connectivity index (χ2n) is 6.46. The third-order valence-electron chi connectivity index (χ3n) is 4.32. The summed E-state index contributed by atoms with van der Waals surface area (Å²) in [5, 5.41) is 4.16. The van der Waals surface area contributed by atoms with E-state index in [2.05, 4.69) is 5.32 Å². The van der Waals surface area contributed by atoms with E-state index in [0.717, 1.165) is 31.8 Å². The highest BCUT2D eigenvalue weighted by Crippen LogP contribution is 2.20. The molecule has 1 heterocycles. The molecule has 29 heavy (non-hydrogen) atoms. The molecule has 0 unspecified atom stereocenters. The van der Waals surface area contributed by atoms with Gasteiger partial charge in [0.1, 0.15) is 0 Å². The van der Waals surface area contributed by atoms with Crippen molar-refractivity contribution in [3.8, 4) is 0 Å². The smallest absolute Gasteiger partial charge is 0.331 e. The quantitative estimate of drug-likeness (QED) is 0.525. The molecule has 0 aliphatic carbocycles. The van der Waals surface area contributed by atoms with Crippen LogP contribution in [0.4, 0.5) is 4.79 Å². The molecular formula is C19H25N3O6S. The van der Waals surface area contributed by atoms with Gasteiger partial charge in [0.05, 0.1) is 4.90 Å². The molecule has 1 aromatic carbocycles. The average molecular weight is 423 g/mol. The van der Waals surface area contributed by atoms with Crippen LogP contribution in [0.1, 0.15) is 31.2 Å². The molecule has 158 valence electrons. The van der Waals surface area contributed by atoms with Crippen molar-refractivity contribution < 1.29 is 27.5 Å². The number of benzene rings is 1. The zero-order chi connectivity index (χ0) is 21.3. The molecule has 9 nitrogen and oxygen atoms in total. The number of hydrogen-bond donors (Lipinski definition) is 2. The van der Waals surface area contributed by atoms with Crippen molar-refractivity contribution in [1.82, 2.24) is 14.9 Å². The zero-order valence-corrected chi connectivity index (χ0v) is 17.0. The summed E-state index contributed by atoms with van der Waals surface area (Å²) in [6.45, 7) is 0.469. The first-order valence-electron chi connectivity index (χ1n) is 9.29. The Morgan fingerprint density at radius 3 is 2.28 bits per heavy atom. The summed E-state index contributed by atoms with van der Waals surface area (Å²) in [5.41, 5.74) is 0.603. The number of rotatable bonds is 6. The second-order valence-corrected chi connectivity index (χ2v) is 8.39. The summed E-state index contributed by atoms with van der Waals surface area (Å²) in [5.74, 6) is -1.52. The maximum absolute atomic E-state index is 12.7. The Morgan fingerprint density at radius 2 is 1.69 bits per heavy atom. The van der Waals surface area contributed by atoms with Crippen molar-refractivity contribution in [1.29, 1.82) is 0 Å². The number of nitrogens with zero attached hydrogens (tertiary/aromatic N) is 1. The molecule has 1 aromatic rings. The second kappa shape index (κ2) is 10.7. The number of urea groups is 1. The predicted molar refractivity (Wildman–Crippen MR) is 106 cm³/mol. The van der Waals surface area contributed by atoms with Crippen molar-refractivity contribution >= 4 is 34.0 Å². The van der Waals surface area contributed by atoms with Gasteiger partial charge in [-0.2, -0.15) is 4.31 Å². The molecule has 1 aliphatic rings. The molecule has 1 aliphatic heterocycles. The molecule has 1 saturated heterocycles. The van der Waals surface area contributed by atoms with E-state index < -0.39 is 34.5 Å². The highest BCUT2D eigenvalue weighted by atomic mass is 32.2. The fourth-order valence-electron chi connectivity index (χ4n) is 2.76. The van der Waals surface area contributed by atoms with Gasteiger partial charge in [-0.1, -0.05) is 25.0 Å². The third-order valence-corrected chi connectivity index (χ3v) is 6.23. The number of carbonyl (C=O) groups is 3. The summed E-state index contributed by atoms with van der Waals surface area (Å²) >= 11 is 0. The van der Waals surface area contributed by atoms with E-state index in [1.165, 1.54) is 29.6 Å². The van der Waals surface area contributed by atoms with E-state index in [4.69, 9.17) is 4.74 Å². The minimum absolute atomic E-state index is 0.213. The van der Waals surface area contributed by atoms with Crippen molar-refractivity contribution in [2.75, 3.05) is 26.7 Å². The SMILES string of the molecule is CNC(=O)NC(=O)COC(=O)/C=C/c1ccc(S(=O)(=O)N2CCCCCC2)cc1. The Morgan fingerprint density at radius 1 is 1.07 bits per heavy atom. The highest BCUT2D eigenvalue weighted by Gasteiger charge is 2.24. The first kappa shape index (κ1) is 22.6. The first-order chi connectivity index (χ1) is 13.8. The van der Waals surface area contributed by atoms with Crippen molar-refractivity contribution in [2.24, 2.45) is 0 Å². The molecule has 0 saturated carbocycles. The minimum atomic E-state index is -3.52. The molecule has 2 N–H and O–H groups in total. The number of imide groups is 1. The van der Waals surface area contributed by atoms with Crippen molar-refractivity contribution in [3.63, 3.8) is 0 Å². The fourth-order valence-corrected chi connectivity index (χ4v) is 4.27. The predicted octanol–water partition coefficient (Wildman–Crippen LogP) is 1.26.